The van der Waals surface area contributed by atoms with Crippen molar-refractivity contribution < 1.29 is 18.6 Å². The number of hydrogen-bond donors (Lipinski definition) is 0. The fraction of sp³-hybridized carbons (Fsp3) is 0.273. The maximum atomic E-state index is 12.3. The maximum Gasteiger partial charge on any atom is 0.268 e. The minimum Gasteiger partial charge on any atom is -0.493 e. The molecule has 0 aromatic heterocycles. The van der Waals surface area contributed by atoms with Crippen LogP contribution >= 0.6 is 7.37 Å². The van der Waals surface area contributed by atoms with Crippen LogP contribution in [-0.2, 0) is 13.9 Å². The molecule has 0 saturated heterocycles. The van der Waals surface area contributed by atoms with Crippen LogP contribution in [0.25, 0.3) is 0 Å². The van der Waals surface area contributed by atoms with Crippen molar-refractivity contribution in [1.82, 2.24) is 0 Å². The lowest BCUT2D eigenvalue weighted by Crippen LogP contribution is -2.10. The van der Waals surface area contributed by atoms with E-state index < -0.39 is 7.37 Å². The Morgan fingerprint density at radius 2 is 2.12 bits per heavy atom. The van der Waals surface area contributed by atoms with Crippen LogP contribution in [-0.4, -0.2) is 19.7 Å². The summed E-state index contributed by atoms with van der Waals surface area (Å²) in [7, 11) is -2.00. The standard InChI is InChI=1S/C11H13O4P/c1-3-15-10-6-4-5-7-11(10)16(13,14-2)9-8-12/h4-7,9H,3H2,1-2H3. The van der Waals surface area contributed by atoms with Crippen molar-refractivity contribution in [3.05, 3.63) is 30.1 Å². The Labute approximate surface area is 94.3 Å². The molecule has 1 aromatic rings. The van der Waals surface area contributed by atoms with Gasteiger partial charge >= 0.3 is 0 Å². The Morgan fingerprint density at radius 3 is 2.69 bits per heavy atom. The van der Waals surface area contributed by atoms with Gasteiger partial charge in [0.1, 0.15) is 11.7 Å². The van der Waals surface area contributed by atoms with Gasteiger partial charge in [-0.1, -0.05) is 12.1 Å². The van der Waals surface area contributed by atoms with Crippen molar-refractivity contribution >= 4 is 18.6 Å². The molecule has 0 amide bonds. The molecule has 1 unspecified atom stereocenters. The van der Waals surface area contributed by atoms with Crippen molar-refractivity contribution in [3.8, 4) is 5.75 Å². The van der Waals surface area contributed by atoms with Gasteiger partial charge in [-0.3, -0.25) is 4.57 Å². The van der Waals surface area contributed by atoms with Gasteiger partial charge < -0.3 is 9.26 Å². The van der Waals surface area contributed by atoms with Gasteiger partial charge in [-0.2, -0.15) is 0 Å². The molecule has 0 heterocycles. The predicted molar refractivity (Wildman–Crippen MR) is 62.1 cm³/mol. The van der Waals surface area contributed by atoms with Crippen molar-refractivity contribution in [3.63, 3.8) is 0 Å². The molecule has 0 aliphatic heterocycles. The van der Waals surface area contributed by atoms with E-state index in [0.717, 1.165) is 5.82 Å². The molecule has 5 heteroatoms. The first-order chi connectivity index (χ1) is 7.68. The van der Waals surface area contributed by atoms with Crippen molar-refractivity contribution in [2.24, 2.45) is 0 Å². The van der Waals surface area contributed by atoms with E-state index in [1.165, 1.54) is 13.1 Å². The molecule has 0 radical (unpaired) electrons. The second-order valence-corrected chi connectivity index (χ2v) is 5.23. The highest BCUT2D eigenvalue weighted by molar-refractivity contribution is 7.70. The van der Waals surface area contributed by atoms with Gasteiger partial charge in [-0.05, 0) is 19.1 Å². The Morgan fingerprint density at radius 1 is 1.44 bits per heavy atom. The molecule has 1 aromatic carbocycles. The Bertz CT molecular complexity index is 449. The van der Waals surface area contributed by atoms with Gasteiger partial charge in [0.15, 0.2) is 0 Å². The number of carbonyl (C=O) groups excluding carboxylic acids is 1. The molecule has 0 spiro atoms. The molecule has 4 nitrogen and oxygen atoms in total. The number of rotatable bonds is 5. The van der Waals surface area contributed by atoms with Crippen LogP contribution in [0.5, 0.6) is 5.75 Å². The fourth-order valence-corrected chi connectivity index (χ4v) is 2.60. The van der Waals surface area contributed by atoms with E-state index in [1.54, 1.807) is 24.3 Å². The van der Waals surface area contributed by atoms with Gasteiger partial charge in [-0.15, -0.1) is 0 Å². The normalized spacial score (nSPS) is 13.6. The van der Waals surface area contributed by atoms with Crippen LogP contribution in [0.3, 0.4) is 0 Å². The maximum absolute atomic E-state index is 12.3. The van der Waals surface area contributed by atoms with Crippen LogP contribution in [0.2, 0.25) is 0 Å². The molecule has 0 aliphatic rings. The van der Waals surface area contributed by atoms with E-state index >= 15 is 0 Å². The summed E-state index contributed by atoms with van der Waals surface area (Å²) in [5, 5.41) is 0.378. The molecule has 1 rings (SSSR count). The van der Waals surface area contributed by atoms with Crippen LogP contribution in [0.1, 0.15) is 6.92 Å². The number of ether oxygens (including phenoxy) is 1. The van der Waals surface area contributed by atoms with Crippen LogP contribution in [0, 0.1) is 0 Å². The first-order valence-electron chi connectivity index (χ1n) is 4.78. The van der Waals surface area contributed by atoms with Gasteiger partial charge in [0.05, 0.1) is 17.7 Å². The lowest BCUT2D eigenvalue weighted by molar-refractivity contribution is 0.341. The summed E-state index contributed by atoms with van der Waals surface area (Å²) in [6.07, 6.45) is 0. The van der Waals surface area contributed by atoms with E-state index in [4.69, 9.17) is 9.26 Å². The Balaban J connectivity index is 3.29. The highest BCUT2D eigenvalue weighted by atomic mass is 31.2. The zero-order valence-corrected chi connectivity index (χ0v) is 10.1. The average Bonchev–Trinajstić information content (AvgIpc) is 2.30. The van der Waals surface area contributed by atoms with Crippen molar-refractivity contribution in [2.75, 3.05) is 13.7 Å². The summed E-state index contributed by atoms with van der Waals surface area (Å²) < 4.78 is 22.5. The summed E-state index contributed by atoms with van der Waals surface area (Å²) in [5.41, 5.74) is 0. The van der Waals surface area contributed by atoms with Crippen LogP contribution in [0.4, 0.5) is 0 Å². The lowest BCUT2D eigenvalue weighted by Gasteiger charge is -2.14. The van der Waals surface area contributed by atoms with Crippen LogP contribution in [0.15, 0.2) is 30.1 Å². The Kier molecular flexibility index (Phi) is 4.51. The smallest absolute Gasteiger partial charge is 0.268 e. The molecule has 1 atom stereocenters. The van der Waals surface area contributed by atoms with Crippen molar-refractivity contribution in [2.45, 2.75) is 6.92 Å². The van der Waals surface area contributed by atoms with Gasteiger partial charge in [0, 0.05) is 7.11 Å². The predicted octanol–water partition coefficient (Wildman–Crippen LogP) is 1.98. The molecule has 86 valence electrons. The number of benzene rings is 1. The fourth-order valence-electron chi connectivity index (χ4n) is 1.28. The van der Waals surface area contributed by atoms with Gasteiger partial charge in [0.25, 0.3) is 7.37 Å². The highest BCUT2D eigenvalue weighted by Crippen LogP contribution is 2.47. The third-order valence-corrected chi connectivity index (χ3v) is 4.02. The minimum absolute atomic E-state index is 0.378. The monoisotopic (exact) mass is 240 g/mol. The van der Waals surface area contributed by atoms with Gasteiger partial charge in [-0.25, -0.2) is 4.79 Å². The second-order valence-electron chi connectivity index (χ2n) is 2.93. The zero-order valence-electron chi connectivity index (χ0n) is 9.17. The minimum atomic E-state index is -3.29. The quantitative estimate of drug-likeness (QED) is 0.583. The summed E-state index contributed by atoms with van der Waals surface area (Å²) in [6, 6.07) is 6.77. The molecular weight excluding hydrogens is 227 g/mol. The topological polar surface area (TPSA) is 52.6 Å². The van der Waals surface area contributed by atoms with E-state index in [0.29, 0.717) is 17.7 Å². The average molecular weight is 240 g/mol. The third kappa shape index (κ3) is 2.61. The summed E-state index contributed by atoms with van der Waals surface area (Å²) in [6.45, 7) is 2.27. The molecule has 0 N–H and O–H groups in total. The van der Waals surface area contributed by atoms with Gasteiger partial charge in [0.2, 0.25) is 0 Å². The summed E-state index contributed by atoms with van der Waals surface area (Å²) in [5.74, 6) is 2.88. The zero-order chi connectivity index (χ0) is 12.0. The molecule has 0 bridgehead atoms. The largest absolute Gasteiger partial charge is 0.493 e. The number of hydrogen-bond acceptors (Lipinski definition) is 4. The first-order valence-corrected chi connectivity index (χ1v) is 6.47. The summed E-state index contributed by atoms with van der Waals surface area (Å²) in [4.78, 5) is 10.3. The van der Waals surface area contributed by atoms with E-state index in [9.17, 15) is 9.36 Å². The first kappa shape index (κ1) is 12.7. The Hall–Kier alpha value is -1.34. The third-order valence-electron chi connectivity index (χ3n) is 1.99. The molecule has 0 aliphatic carbocycles. The molecular formula is C11H13O4P. The van der Waals surface area contributed by atoms with E-state index in [-0.39, 0.29) is 0 Å². The van der Waals surface area contributed by atoms with Crippen LogP contribution < -0.4 is 10.0 Å². The molecule has 16 heavy (non-hydrogen) atoms. The second kappa shape index (κ2) is 5.66. The van der Waals surface area contributed by atoms with E-state index in [2.05, 4.69) is 0 Å². The SMILES string of the molecule is CCOc1ccccc1P(=O)(C=C=O)OC. The van der Waals surface area contributed by atoms with Crippen molar-refractivity contribution in [1.29, 1.82) is 0 Å². The molecule has 0 fully saturated rings. The van der Waals surface area contributed by atoms with E-state index in [1.807, 2.05) is 6.92 Å². The molecule has 0 saturated carbocycles. The lowest BCUT2D eigenvalue weighted by atomic mass is 10.3. The highest BCUT2D eigenvalue weighted by Gasteiger charge is 2.25. The number of para-hydroxylation sites is 1. The summed E-state index contributed by atoms with van der Waals surface area (Å²) >= 11 is 0.